The Labute approximate surface area is 278 Å². The molecule has 9 aromatic rings. The summed E-state index contributed by atoms with van der Waals surface area (Å²) in [6, 6.07) is 58.5. The highest BCUT2D eigenvalue weighted by Gasteiger charge is 2.51. The first-order valence-corrected chi connectivity index (χ1v) is 16.6. The minimum atomic E-state index is -0.373. The molecular weight excluding hydrogens is 581 g/mol. The van der Waals surface area contributed by atoms with Crippen molar-refractivity contribution in [2.24, 2.45) is 0 Å². The molecule has 0 amide bonds. The lowest BCUT2D eigenvalue weighted by atomic mass is 9.70. The molecule has 11 rings (SSSR count). The summed E-state index contributed by atoms with van der Waals surface area (Å²) in [7, 11) is 0. The normalized spacial score (nSPS) is 13.6. The van der Waals surface area contributed by atoms with Crippen molar-refractivity contribution in [3.05, 3.63) is 192 Å². The smallest absolute Gasteiger partial charge is 0.137 e. The van der Waals surface area contributed by atoms with Crippen molar-refractivity contribution < 1.29 is 0 Å². The molecule has 2 aromatic heterocycles. The van der Waals surface area contributed by atoms with Crippen molar-refractivity contribution in [3.8, 4) is 44.6 Å². The molecule has 2 heteroatoms. The van der Waals surface area contributed by atoms with E-state index in [1.54, 1.807) is 0 Å². The zero-order chi connectivity index (χ0) is 31.4. The molecule has 2 aliphatic rings. The topological polar surface area (TPSA) is 17.3 Å². The van der Waals surface area contributed by atoms with Crippen LogP contribution in [0.2, 0.25) is 0 Å². The van der Waals surface area contributed by atoms with Crippen LogP contribution >= 0.6 is 0 Å². The molecule has 2 aliphatic carbocycles. The maximum absolute atomic E-state index is 4.82. The largest absolute Gasteiger partial charge is 0.306 e. The van der Waals surface area contributed by atoms with Crippen LogP contribution in [0.25, 0.3) is 71.8 Å². The van der Waals surface area contributed by atoms with Crippen LogP contribution in [0.3, 0.4) is 0 Å². The number of hydrogen-bond donors (Lipinski definition) is 0. The number of benzene rings is 7. The number of fused-ring (bicyclic) bond motifs is 13. The first-order valence-electron chi connectivity index (χ1n) is 16.6. The number of hydrogen-bond acceptors (Lipinski definition) is 1. The first-order chi connectivity index (χ1) is 23.8. The fraction of sp³-hybridized carbons (Fsp3) is 0.0217. The number of pyridine rings is 1. The molecule has 0 radical (unpaired) electrons. The van der Waals surface area contributed by atoms with Crippen molar-refractivity contribution in [1.82, 2.24) is 9.38 Å². The Morgan fingerprint density at radius 1 is 0.396 bits per heavy atom. The highest BCUT2D eigenvalue weighted by molar-refractivity contribution is 6.03. The van der Waals surface area contributed by atoms with Gasteiger partial charge in [0.1, 0.15) is 5.65 Å². The Balaban J connectivity index is 1.12. The van der Waals surface area contributed by atoms with Gasteiger partial charge >= 0.3 is 0 Å². The van der Waals surface area contributed by atoms with Crippen LogP contribution < -0.4 is 0 Å². The van der Waals surface area contributed by atoms with E-state index in [0.717, 1.165) is 16.9 Å². The van der Waals surface area contributed by atoms with E-state index in [-0.39, 0.29) is 5.41 Å². The molecule has 0 atom stereocenters. The van der Waals surface area contributed by atoms with Crippen LogP contribution in [-0.2, 0) is 5.41 Å². The van der Waals surface area contributed by atoms with E-state index in [0.29, 0.717) is 0 Å². The maximum Gasteiger partial charge on any atom is 0.137 e. The molecule has 222 valence electrons. The Bertz CT molecular complexity index is 2700. The van der Waals surface area contributed by atoms with Gasteiger partial charge in [-0.05, 0) is 120 Å². The number of imidazole rings is 1. The van der Waals surface area contributed by atoms with Crippen molar-refractivity contribution in [2.45, 2.75) is 5.41 Å². The summed E-state index contributed by atoms with van der Waals surface area (Å²) < 4.78 is 2.07. The molecule has 0 saturated heterocycles. The highest BCUT2D eigenvalue weighted by atomic mass is 15.0. The minimum absolute atomic E-state index is 0.373. The fourth-order valence-electron chi connectivity index (χ4n) is 8.65. The minimum Gasteiger partial charge on any atom is -0.306 e. The SMILES string of the molecule is c1ccc2c(c1)-c1ccccc1C21c2cc3ccccc3cc2-c2cc3ccc(-c4ccc(-c5cn6ccccc6n5)cc4)cc3cc21. The third-order valence-corrected chi connectivity index (χ3v) is 10.8. The van der Waals surface area contributed by atoms with Gasteiger partial charge in [0, 0.05) is 18.0 Å². The van der Waals surface area contributed by atoms with Crippen molar-refractivity contribution in [3.63, 3.8) is 0 Å². The van der Waals surface area contributed by atoms with Crippen LogP contribution in [0.15, 0.2) is 170 Å². The quantitative estimate of drug-likeness (QED) is 0.191. The molecule has 2 heterocycles. The Morgan fingerprint density at radius 2 is 0.958 bits per heavy atom. The Kier molecular flexibility index (Phi) is 5.07. The van der Waals surface area contributed by atoms with Crippen LogP contribution in [0.1, 0.15) is 22.3 Å². The molecule has 0 saturated carbocycles. The summed E-state index contributed by atoms with van der Waals surface area (Å²) in [5.74, 6) is 0. The molecule has 0 bridgehead atoms. The predicted molar refractivity (Wildman–Crippen MR) is 197 cm³/mol. The summed E-state index contributed by atoms with van der Waals surface area (Å²) in [6.45, 7) is 0. The molecule has 1 spiro atoms. The molecule has 0 aliphatic heterocycles. The van der Waals surface area contributed by atoms with Gasteiger partial charge < -0.3 is 4.40 Å². The monoisotopic (exact) mass is 608 g/mol. The summed E-state index contributed by atoms with van der Waals surface area (Å²) in [5, 5.41) is 5.08. The Hall–Kier alpha value is -6.25. The average molecular weight is 609 g/mol. The second kappa shape index (κ2) is 9.40. The van der Waals surface area contributed by atoms with E-state index in [1.165, 1.54) is 77.2 Å². The standard InChI is InChI=1S/C46H28N2/c1-2-10-32-26-42-38(24-31(32)9-1)39-25-34-21-20-33(29-16-18-30(19-17-29)44-28-48-22-8-7-15-45(48)47-44)23-35(34)27-43(39)46(42)40-13-5-3-11-36(40)37-12-4-6-14-41(37)46/h1-28H. The summed E-state index contributed by atoms with van der Waals surface area (Å²) in [5.41, 5.74) is 15.9. The second-order valence-electron chi connectivity index (χ2n) is 13.2. The van der Waals surface area contributed by atoms with Crippen molar-refractivity contribution >= 4 is 27.2 Å². The first kappa shape index (κ1) is 25.9. The van der Waals surface area contributed by atoms with Crippen molar-refractivity contribution in [2.75, 3.05) is 0 Å². The summed E-state index contributed by atoms with van der Waals surface area (Å²) >= 11 is 0. The summed E-state index contributed by atoms with van der Waals surface area (Å²) in [4.78, 5) is 4.82. The third kappa shape index (κ3) is 3.39. The van der Waals surface area contributed by atoms with Gasteiger partial charge in [-0.25, -0.2) is 4.98 Å². The van der Waals surface area contributed by atoms with E-state index in [4.69, 9.17) is 4.98 Å². The van der Waals surface area contributed by atoms with Crippen LogP contribution in [0, 0.1) is 0 Å². The lowest BCUT2D eigenvalue weighted by molar-refractivity contribution is 0.796. The molecule has 2 nitrogen and oxygen atoms in total. The predicted octanol–water partition coefficient (Wildman–Crippen LogP) is 11.3. The van der Waals surface area contributed by atoms with Crippen LogP contribution in [-0.4, -0.2) is 9.38 Å². The fourth-order valence-corrected chi connectivity index (χ4v) is 8.65. The van der Waals surface area contributed by atoms with E-state index in [1.807, 2.05) is 24.4 Å². The lowest BCUT2D eigenvalue weighted by Gasteiger charge is -2.30. The van der Waals surface area contributed by atoms with Gasteiger partial charge in [0.15, 0.2) is 0 Å². The van der Waals surface area contributed by atoms with E-state index >= 15 is 0 Å². The van der Waals surface area contributed by atoms with Gasteiger partial charge in [-0.15, -0.1) is 0 Å². The van der Waals surface area contributed by atoms with Crippen LogP contribution in [0.5, 0.6) is 0 Å². The van der Waals surface area contributed by atoms with Gasteiger partial charge in [-0.3, -0.25) is 0 Å². The summed E-state index contributed by atoms with van der Waals surface area (Å²) in [6.07, 6.45) is 4.14. The average Bonchev–Trinajstić information content (AvgIpc) is 3.80. The van der Waals surface area contributed by atoms with Gasteiger partial charge in [-0.1, -0.05) is 115 Å². The maximum atomic E-state index is 4.82. The molecular formula is C46H28N2. The van der Waals surface area contributed by atoms with E-state index in [9.17, 15) is 0 Å². The third-order valence-electron chi connectivity index (χ3n) is 10.8. The van der Waals surface area contributed by atoms with Crippen molar-refractivity contribution in [1.29, 1.82) is 0 Å². The van der Waals surface area contributed by atoms with Gasteiger partial charge in [-0.2, -0.15) is 0 Å². The van der Waals surface area contributed by atoms with Gasteiger partial charge in [0.2, 0.25) is 0 Å². The van der Waals surface area contributed by atoms with Gasteiger partial charge in [0.25, 0.3) is 0 Å². The molecule has 7 aromatic carbocycles. The molecule has 48 heavy (non-hydrogen) atoms. The van der Waals surface area contributed by atoms with E-state index < -0.39 is 0 Å². The molecule has 0 N–H and O–H groups in total. The lowest BCUT2D eigenvalue weighted by Crippen LogP contribution is -2.25. The highest BCUT2D eigenvalue weighted by Crippen LogP contribution is 2.63. The second-order valence-corrected chi connectivity index (χ2v) is 13.2. The zero-order valence-corrected chi connectivity index (χ0v) is 26.1. The Morgan fingerprint density at radius 3 is 1.67 bits per heavy atom. The number of nitrogens with zero attached hydrogens (tertiary/aromatic N) is 2. The van der Waals surface area contributed by atoms with Gasteiger partial charge in [0.05, 0.1) is 11.1 Å². The zero-order valence-electron chi connectivity index (χ0n) is 26.1. The number of aromatic nitrogens is 2. The molecule has 0 fully saturated rings. The van der Waals surface area contributed by atoms with E-state index in [2.05, 4.69) is 150 Å². The van der Waals surface area contributed by atoms with Crippen LogP contribution in [0.4, 0.5) is 0 Å². The number of rotatable bonds is 2. The molecule has 0 unspecified atom stereocenters.